The second-order valence-electron chi connectivity index (χ2n) is 5.83. The lowest BCUT2D eigenvalue weighted by Gasteiger charge is -2.25. The lowest BCUT2D eigenvalue weighted by atomic mass is 10.2. The summed E-state index contributed by atoms with van der Waals surface area (Å²) >= 11 is 12.4. The summed E-state index contributed by atoms with van der Waals surface area (Å²) < 4.78 is 27.2. The molecule has 0 amide bonds. The molecule has 9 heteroatoms. The van der Waals surface area contributed by atoms with Gasteiger partial charge in [-0.3, -0.25) is 4.98 Å². The van der Waals surface area contributed by atoms with E-state index in [0.29, 0.717) is 53.9 Å². The molecule has 0 radical (unpaired) electrons. The van der Waals surface area contributed by atoms with Gasteiger partial charge < -0.3 is 4.90 Å². The highest BCUT2D eigenvalue weighted by Crippen LogP contribution is 2.33. The van der Waals surface area contributed by atoms with Gasteiger partial charge in [-0.25, -0.2) is 8.42 Å². The molecule has 0 unspecified atom stereocenters. The molecule has 0 saturated carbocycles. The molecule has 1 aromatic heterocycles. The summed E-state index contributed by atoms with van der Waals surface area (Å²) in [5, 5.41) is 9.75. The van der Waals surface area contributed by atoms with E-state index in [1.807, 2.05) is 11.0 Å². The Hall–Kier alpha value is -1.85. The van der Waals surface area contributed by atoms with Crippen molar-refractivity contribution in [2.75, 3.05) is 31.1 Å². The van der Waals surface area contributed by atoms with E-state index in [9.17, 15) is 8.42 Å². The smallest absolute Gasteiger partial charge is 0.243 e. The van der Waals surface area contributed by atoms with Crippen LogP contribution < -0.4 is 4.90 Å². The predicted octanol–water partition coefficient (Wildman–Crippen LogP) is 3.16. The lowest BCUT2D eigenvalue weighted by molar-refractivity contribution is 0.433. The number of anilines is 1. The van der Waals surface area contributed by atoms with Crippen LogP contribution in [0.25, 0.3) is 0 Å². The second-order valence-corrected chi connectivity index (χ2v) is 8.58. The highest BCUT2D eigenvalue weighted by atomic mass is 35.5. The number of nitriles is 1. The van der Waals surface area contributed by atoms with Crippen LogP contribution in [0, 0.1) is 11.3 Å². The molecular weight excluding hydrogens is 395 g/mol. The molecule has 1 saturated heterocycles. The van der Waals surface area contributed by atoms with E-state index in [-0.39, 0.29) is 4.90 Å². The molecule has 3 rings (SSSR count). The third-order valence-electron chi connectivity index (χ3n) is 4.22. The van der Waals surface area contributed by atoms with Crippen molar-refractivity contribution in [3.8, 4) is 6.07 Å². The van der Waals surface area contributed by atoms with Crippen molar-refractivity contribution < 1.29 is 8.42 Å². The number of hydrogen-bond acceptors (Lipinski definition) is 5. The number of benzene rings is 1. The normalized spacial score (nSPS) is 16.1. The summed E-state index contributed by atoms with van der Waals surface area (Å²) in [6.45, 7) is 1.83. The minimum absolute atomic E-state index is 0.185. The van der Waals surface area contributed by atoms with E-state index in [1.54, 1.807) is 0 Å². The van der Waals surface area contributed by atoms with Crippen LogP contribution in [0.4, 0.5) is 5.69 Å². The van der Waals surface area contributed by atoms with E-state index in [2.05, 4.69) is 4.98 Å². The van der Waals surface area contributed by atoms with E-state index < -0.39 is 10.0 Å². The maximum Gasteiger partial charge on any atom is 0.243 e. The quantitative estimate of drug-likeness (QED) is 0.776. The molecule has 0 N–H and O–H groups in total. The van der Waals surface area contributed by atoms with E-state index in [0.717, 1.165) is 0 Å². The topological polar surface area (TPSA) is 77.3 Å². The molecule has 0 atom stereocenters. The Bertz CT molecular complexity index is 922. The first-order valence-corrected chi connectivity index (χ1v) is 10.2. The van der Waals surface area contributed by atoms with Crippen molar-refractivity contribution in [2.24, 2.45) is 0 Å². The summed E-state index contributed by atoms with van der Waals surface area (Å²) in [6.07, 6.45) is 3.70. The van der Waals surface area contributed by atoms with Gasteiger partial charge in [0.1, 0.15) is 0 Å². The lowest BCUT2D eigenvalue weighted by Crippen LogP contribution is -2.35. The average Bonchev–Trinajstić information content (AvgIpc) is 2.88. The van der Waals surface area contributed by atoms with Crippen molar-refractivity contribution in [3.63, 3.8) is 0 Å². The number of pyridine rings is 1. The fourth-order valence-electron chi connectivity index (χ4n) is 2.91. The number of halogens is 2. The molecule has 0 bridgehead atoms. The Morgan fingerprint density at radius 1 is 1.00 bits per heavy atom. The molecular formula is C17H16Cl2N4O2S. The molecule has 1 aliphatic heterocycles. The van der Waals surface area contributed by atoms with Crippen molar-refractivity contribution >= 4 is 38.9 Å². The van der Waals surface area contributed by atoms with Gasteiger partial charge >= 0.3 is 0 Å². The average molecular weight is 411 g/mol. The zero-order valence-electron chi connectivity index (χ0n) is 13.8. The van der Waals surface area contributed by atoms with Crippen LogP contribution in [0.2, 0.25) is 10.0 Å². The first-order valence-electron chi connectivity index (χ1n) is 7.98. The highest BCUT2D eigenvalue weighted by Gasteiger charge is 2.28. The molecule has 136 valence electrons. The molecule has 2 aromatic rings. The molecule has 1 aromatic carbocycles. The third-order valence-corrected chi connectivity index (χ3v) is 6.69. The fraction of sp³-hybridized carbons (Fsp3) is 0.294. The minimum atomic E-state index is -3.62. The van der Waals surface area contributed by atoms with Gasteiger partial charge in [0, 0.05) is 38.6 Å². The van der Waals surface area contributed by atoms with Crippen LogP contribution in [-0.4, -0.2) is 43.9 Å². The number of sulfonamides is 1. The Labute approximate surface area is 162 Å². The Morgan fingerprint density at radius 2 is 1.65 bits per heavy atom. The summed E-state index contributed by atoms with van der Waals surface area (Å²) in [6, 6.07) is 7.93. The molecule has 2 heterocycles. The largest absolute Gasteiger partial charge is 0.368 e. The Kier molecular flexibility index (Phi) is 5.68. The van der Waals surface area contributed by atoms with Crippen LogP contribution in [0.15, 0.2) is 41.6 Å². The molecule has 0 spiro atoms. The van der Waals surface area contributed by atoms with E-state index in [1.165, 1.54) is 41.0 Å². The van der Waals surface area contributed by atoms with Crippen molar-refractivity contribution in [1.82, 2.24) is 9.29 Å². The Balaban J connectivity index is 1.80. The van der Waals surface area contributed by atoms with Gasteiger partial charge in [0.25, 0.3) is 0 Å². The zero-order valence-corrected chi connectivity index (χ0v) is 16.1. The van der Waals surface area contributed by atoms with Gasteiger partial charge in [0.15, 0.2) is 0 Å². The van der Waals surface area contributed by atoms with Crippen molar-refractivity contribution in [2.45, 2.75) is 11.3 Å². The summed E-state index contributed by atoms with van der Waals surface area (Å²) in [5.74, 6) is 0. The second kappa shape index (κ2) is 7.80. The van der Waals surface area contributed by atoms with Crippen LogP contribution >= 0.6 is 23.2 Å². The van der Waals surface area contributed by atoms with Gasteiger partial charge in [-0.2, -0.15) is 9.57 Å². The first-order chi connectivity index (χ1) is 12.4. The fourth-order valence-corrected chi connectivity index (χ4v) is 4.99. The SMILES string of the molecule is N#Cc1ccc(S(=O)(=O)N2CCCN(c3c(Cl)cncc3Cl)CC2)cc1. The van der Waals surface area contributed by atoms with Gasteiger partial charge in [-0.15, -0.1) is 0 Å². The monoisotopic (exact) mass is 410 g/mol. The zero-order chi connectivity index (χ0) is 18.7. The van der Waals surface area contributed by atoms with Gasteiger partial charge in [0.05, 0.1) is 32.3 Å². The molecule has 0 aliphatic carbocycles. The van der Waals surface area contributed by atoms with Crippen LogP contribution in [-0.2, 0) is 10.0 Å². The van der Waals surface area contributed by atoms with Gasteiger partial charge in [-0.05, 0) is 30.7 Å². The van der Waals surface area contributed by atoms with Crippen LogP contribution in [0.1, 0.15) is 12.0 Å². The van der Waals surface area contributed by atoms with Crippen molar-refractivity contribution in [1.29, 1.82) is 5.26 Å². The maximum absolute atomic E-state index is 12.9. The predicted molar refractivity (Wildman–Crippen MR) is 101 cm³/mol. The van der Waals surface area contributed by atoms with Crippen molar-refractivity contribution in [3.05, 3.63) is 52.3 Å². The highest BCUT2D eigenvalue weighted by molar-refractivity contribution is 7.89. The summed E-state index contributed by atoms with van der Waals surface area (Å²) in [4.78, 5) is 6.12. The Morgan fingerprint density at radius 3 is 2.27 bits per heavy atom. The first kappa shape index (κ1) is 18.9. The van der Waals surface area contributed by atoms with Gasteiger partial charge in [0.2, 0.25) is 10.0 Å². The number of aromatic nitrogens is 1. The standard InChI is InChI=1S/C17H16Cl2N4O2S/c18-15-11-21-12-16(19)17(15)22-6-1-7-23(9-8-22)26(24,25)14-4-2-13(10-20)3-5-14/h2-5,11-12H,1,6-9H2. The number of hydrogen-bond donors (Lipinski definition) is 0. The van der Waals surface area contributed by atoms with E-state index >= 15 is 0 Å². The molecule has 6 nitrogen and oxygen atoms in total. The number of nitrogens with zero attached hydrogens (tertiary/aromatic N) is 4. The molecule has 1 fully saturated rings. The van der Waals surface area contributed by atoms with Gasteiger partial charge in [-0.1, -0.05) is 23.2 Å². The van der Waals surface area contributed by atoms with Crippen LogP contribution in [0.5, 0.6) is 0 Å². The van der Waals surface area contributed by atoms with E-state index in [4.69, 9.17) is 28.5 Å². The molecule has 1 aliphatic rings. The maximum atomic E-state index is 12.9. The van der Waals surface area contributed by atoms with Crippen LogP contribution in [0.3, 0.4) is 0 Å². The summed E-state index contributed by atoms with van der Waals surface area (Å²) in [5.41, 5.74) is 1.11. The molecule has 26 heavy (non-hydrogen) atoms. The summed E-state index contributed by atoms with van der Waals surface area (Å²) in [7, 11) is -3.62. The third kappa shape index (κ3) is 3.79. The minimum Gasteiger partial charge on any atom is -0.368 e. The number of rotatable bonds is 3.